The van der Waals surface area contributed by atoms with Crippen LogP contribution in [-0.2, 0) is 10.0 Å². The summed E-state index contributed by atoms with van der Waals surface area (Å²) in [5.41, 5.74) is 7.29. The highest BCUT2D eigenvalue weighted by atomic mass is 32.2. The highest BCUT2D eigenvalue weighted by Crippen LogP contribution is 2.29. The smallest absolute Gasteiger partial charge is 0.238 e. The molecule has 0 spiro atoms. The van der Waals surface area contributed by atoms with Crippen molar-refractivity contribution in [3.05, 3.63) is 18.2 Å². The molecule has 0 unspecified atom stereocenters. The van der Waals surface area contributed by atoms with Crippen LogP contribution in [0.2, 0.25) is 0 Å². The van der Waals surface area contributed by atoms with Crippen LogP contribution in [0, 0.1) is 5.92 Å². The van der Waals surface area contributed by atoms with Crippen molar-refractivity contribution in [3.8, 4) is 0 Å². The average Bonchev–Trinajstić information content (AvgIpc) is 2.29. The molecule has 1 fully saturated rings. The zero-order valence-corrected chi connectivity index (χ0v) is 11.3. The summed E-state index contributed by atoms with van der Waals surface area (Å²) in [6, 6.07) is 4.69. The van der Waals surface area contributed by atoms with Gasteiger partial charge in [0.2, 0.25) is 10.0 Å². The summed E-state index contributed by atoms with van der Waals surface area (Å²) in [5.74, 6) is 0.742. The molecule has 0 atom stereocenters. The molecule has 100 valence electrons. The fraction of sp³-hybridized carbons (Fsp3) is 0.500. The quantitative estimate of drug-likeness (QED) is 0.788. The molecule has 4 N–H and O–H groups in total. The van der Waals surface area contributed by atoms with Gasteiger partial charge in [-0.25, -0.2) is 13.6 Å². The Balaban J connectivity index is 2.25. The molecule has 6 heteroatoms. The SMILES string of the molecule is CC1CCN(c2ccc(S(N)(=O)=O)cc2N)CC1. The van der Waals surface area contributed by atoms with Gasteiger partial charge in [0.1, 0.15) is 0 Å². The standard InChI is InChI=1S/C12H19N3O2S/c1-9-4-6-15(7-5-9)12-3-2-10(8-11(12)13)18(14,16)17/h2-3,8-9H,4-7,13H2,1H3,(H2,14,16,17). The van der Waals surface area contributed by atoms with E-state index in [4.69, 9.17) is 10.9 Å². The van der Waals surface area contributed by atoms with E-state index >= 15 is 0 Å². The molecule has 0 radical (unpaired) electrons. The first-order chi connectivity index (χ1) is 8.38. The third-order valence-electron chi connectivity index (χ3n) is 3.45. The average molecular weight is 269 g/mol. The Morgan fingerprint density at radius 3 is 2.39 bits per heavy atom. The summed E-state index contributed by atoms with van der Waals surface area (Å²) in [4.78, 5) is 2.26. The van der Waals surface area contributed by atoms with Crippen molar-refractivity contribution in [2.75, 3.05) is 23.7 Å². The Bertz CT molecular complexity index is 534. The minimum absolute atomic E-state index is 0.0640. The van der Waals surface area contributed by atoms with E-state index in [1.165, 1.54) is 12.1 Å². The van der Waals surface area contributed by atoms with Gasteiger partial charge < -0.3 is 10.6 Å². The molecule has 1 aliphatic heterocycles. The van der Waals surface area contributed by atoms with Crippen LogP contribution in [0.3, 0.4) is 0 Å². The van der Waals surface area contributed by atoms with Crippen LogP contribution in [-0.4, -0.2) is 21.5 Å². The van der Waals surface area contributed by atoms with E-state index in [0.717, 1.165) is 37.5 Å². The third-order valence-corrected chi connectivity index (χ3v) is 4.36. The lowest BCUT2D eigenvalue weighted by Gasteiger charge is -2.33. The number of sulfonamides is 1. The van der Waals surface area contributed by atoms with Gasteiger partial charge in [0.05, 0.1) is 16.3 Å². The molecule has 1 heterocycles. The van der Waals surface area contributed by atoms with Crippen LogP contribution in [0.5, 0.6) is 0 Å². The molecule has 0 bridgehead atoms. The van der Waals surface area contributed by atoms with Crippen molar-refractivity contribution >= 4 is 21.4 Å². The number of nitrogen functional groups attached to an aromatic ring is 1. The van der Waals surface area contributed by atoms with E-state index in [9.17, 15) is 8.42 Å². The molecule has 5 nitrogen and oxygen atoms in total. The molecule has 0 aliphatic carbocycles. The van der Waals surface area contributed by atoms with E-state index in [1.807, 2.05) is 0 Å². The molecule has 0 amide bonds. The lowest BCUT2D eigenvalue weighted by atomic mass is 9.98. The Morgan fingerprint density at radius 2 is 1.89 bits per heavy atom. The number of hydrogen-bond acceptors (Lipinski definition) is 4. The van der Waals surface area contributed by atoms with E-state index in [2.05, 4.69) is 11.8 Å². The Hall–Kier alpha value is -1.27. The van der Waals surface area contributed by atoms with Crippen molar-refractivity contribution in [2.24, 2.45) is 11.1 Å². The maximum Gasteiger partial charge on any atom is 0.238 e. The van der Waals surface area contributed by atoms with E-state index in [1.54, 1.807) is 6.07 Å². The number of nitrogens with two attached hydrogens (primary N) is 2. The van der Waals surface area contributed by atoms with Gasteiger partial charge in [0.25, 0.3) is 0 Å². The second-order valence-corrected chi connectivity index (χ2v) is 6.50. The zero-order valence-electron chi connectivity index (χ0n) is 10.5. The first-order valence-electron chi connectivity index (χ1n) is 6.05. The number of primary sulfonamides is 1. The summed E-state index contributed by atoms with van der Waals surface area (Å²) in [7, 11) is -3.68. The predicted octanol–water partition coefficient (Wildman–Crippen LogP) is 1.15. The third kappa shape index (κ3) is 2.76. The number of benzene rings is 1. The monoisotopic (exact) mass is 269 g/mol. The van der Waals surface area contributed by atoms with Gasteiger partial charge in [0.15, 0.2) is 0 Å². The molecule has 18 heavy (non-hydrogen) atoms. The normalized spacial score (nSPS) is 18.0. The number of rotatable bonds is 2. The van der Waals surface area contributed by atoms with Crippen LogP contribution < -0.4 is 15.8 Å². The molecule has 1 aliphatic rings. The Kier molecular flexibility index (Phi) is 3.49. The summed E-state index contributed by atoms with van der Waals surface area (Å²) in [6.07, 6.45) is 2.27. The molecule has 2 rings (SSSR count). The largest absolute Gasteiger partial charge is 0.397 e. The lowest BCUT2D eigenvalue weighted by Crippen LogP contribution is -2.33. The zero-order chi connectivity index (χ0) is 13.3. The number of piperidine rings is 1. The molecular weight excluding hydrogens is 250 g/mol. The topological polar surface area (TPSA) is 89.4 Å². The van der Waals surface area contributed by atoms with Gasteiger partial charge in [0, 0.05) is 13.1 Å². The molecule has 0 aromatic heterocycles. The first-order valence-corrected chi connectivity index (χ1v) is 7.60. The summed E-state index contributed by atoms with van der Waals surface area (Å²) < 4.78 is 22.4. The number of anilines is 2. The van der Waals surface area contributed by atoms with Crippen molar-refractivity contribution < 1.29 is 8.42 Å². The first kappa shape index (κ1) is 13.2. The number of nitrogens with zero attached hydrogens (tertiary/aromatic N) is 1. The summed E-state index contributed by atoms with van der Waals surface area (Å²) in [5, 5.41) is 5.08. The maximum absolute atomic E-state index is 11.2. The van der Waals surface area contributed by atoms with Crippen LogP contribution in [0.25, 0.3) is 0 Å². The van der Waals surface area contributed by atoms with Gasteiger partial charge in [-0.1, -0.05) is 6.92 Å². The summed E-state index contributed by atoms with van der Waals surface area (Å²) in [6.45, 7) is 4.16. The van der Waals surface area contributed by atoms with Crippen LogP contribution >= 0.6 is 0 Å². The van der Waals surface area contributed by atoms with Gasteiger partial charge in [-0.15, -0.1) is 0 Å². The van der Waals surface area contributed by atoms with Gasteiger partial charge in [-0.2, -0.15) is 0 Å². The minimum Gasteiger partial charge on any atom is -0.397 e. The lowest BCUT2D eigenvalue weighted by molar-refractivity contribution is 0.438. The van der Waals surface area contributed by atoms with Crippen LogP contribution in [0.15, 0.2) is 23.1 Å². The van der Waals surface area contributed by atoms with Crippen molar-refractivity contribution in [1.82, 2.24) is 0 Å². The molecule has 1 aromatic rings. The summed E-state index contributed by atoms with van der Waals surface area (Å²) >= 11 is 0. The van der Waals surface area contributed by atoms with E-state index in [-0.39, 0.29) is 4.90 Å². The molecule has 1 aromatic carbocycles. The van der Waals surface area contributed by atoms with Crippen LogP contribution in [0.1, 0.15) is 19.8 Å². The maximum atomic E-state index is 11.2. The molecule has 1 saturated heterocycles. The minimum atomic E-state index is -3.68. The Labute approximate surface area is 108 Å². The van der Waals surface area contributed by atoms with Crippen molar-refractivity contribution in [2.45, 2.75) is 24.7 Å². The predicted molar refractivity (Wildman–Crippen MR) is 72.8 cm³/mol. The van der Waals surface area contributed by atoms with Crippen LogP contribution in [0.4, 0.5) is 11.4 Å². The number of hydrogen-bond donors (Lipinski definition) is 2. The van der Waals surface area contributed by atoms with Gasteiger partial charge >= 0.3 is 0 Å². The second-order valence-electron chi connectivity index (χ2n) is 4.94. The highest BCUT2D eigenvalue weighted by Gasteiger charge is 2.19. The van der Waals surface area contributed by atoms with E-state index < -0.39 is 10.0 Å². The Morgan fingerprint density at radius 1 is 1.28 bits per heavy atom. The highest BCUT2D eigenvalue weighted by molar-refractivity contribution is 7.89. The van der Waals surface area contributed by atoms with E-state index in [0.29, 0.717) is 5.69 Å². The van der Waals surface area contributed by atoms with Crippen molar-refractivity contribution in [3.63, 3.8) is 0 Å². The fourth-order valence-electron chi connectivity index (χ4n) is 2.25. The van der Waals surface area contributed by atoms with Gasteiger partial charge in [-0.05, 0) is 37.0 Å². The fourth-order valence-corrected chi connectivity index (χ4v) is 2.80. The molecule has 0 saturated carbocycles. The molecular formula is C12H19N3O2S. The van der Waals surface area contributed by atoms with Crippen molar-refractivity contribution in [1.29, 1.82) is 0 Å². The van der Waals surface area contributed by atoms with Gasteiger partial charge in [-0.3, -0.25) is 0 Å². The second kappa shape index (κ2) is 4.78.